The van der Waals surface area contributed by atoms with Gasteiger partial charge >= 0.3 is 0 Å². The molecule has 2 aromatic rings. The molecule has 3 rings (SSSR count). The van der Waals surface area contributed by atoms with Gasteiger partial charge in [0, 0.05) is 6.54 Å². The Labute approximate surface area is 146 Å². The van der Waals surface area contributed by atoms with Crippen LogP contribution in [-0.2, 0) is 22.6 Å². The van der Waals surface area contributed by atoms with Crippen molar-refractivity contribution in [1.29, 1.82) is 0 Å². The number of nitrogens with one attached hydrogen (secondary N) is 2. The lowest BCUT2D eigenvalue weighted by molar-refractivity contribution is -0.123. The predicted octanol–water partition coefficient (Wildman–Crippen LogP) is 2.27. The van der Waals surface area contributed by atoms with Crippen LogP contribution in [0.2, 0.25) is 0 Å². The van der Waals surface area contributed by atoms with Gasteiger partial charge in [-0.15, -0.1) is 0 Å². The fourth-order valence-electron chi connectivity index (χ4n) is 2.56. The molecule has 0 bridgehead atoms. The number of fused-ring (bicyclic) bond motifs is 1. The topological polar surface area (TPSA) is 76.7 Å². The van der Waals surface area contributed by atoms with Crippen LogP contribution in [0.3, 0.4) is 0 Å². The summed E-state index contributed by atoms with van der Waals surface area (Å²) in [5.41, 5.74) is 2.43. The quantitative estimate of drug-likeness (QED) is 0.875. The second-order valence-corrected chi connectivity index (χ2v) is 5.88. The van der Waals surface area contributed by atoms with Crippen molar-refractivity contribution < 1.29 is 19.1 Å². The molecule has 6 nitrogen and oxygen atoms in total. The Hall–Kier alpha value is -3.02. The molecule has 0 aliphatic carbocycles. The Morgan fingerprint density at radius 3 is 2.64 bits per heavy atom. The minimum atomic E-state index is -0.498. The molecule has 25 heavy (non-hydrogen) atoms. The number of hydrogen-bond acceptors (Lipinski definition) is 4. The van der Waals surface area contributed by atoms with Crippen LogP contribution < -0.4 is 20.1 Å². The van der Waals surface area contributed by atoms with Crippen LogP contribution in [-0.4, -0.2) is 25.0 Å². The first kappa shape index (κ1) is 16.8. The van der Waals surface area contributed by atoms with Crippen molar-refractivity contribution in [1.82, 2.24) is 5.32 Å². The van der Waals surface area contributed by atoms with Crippen LogP contribution in [0.4, 0.5) is 5.69 Å². The van der Waals surface area contributed by atoms with Gasteiger partial charge in [0.1, 0.15) is 11.5 Å². The molecule has 0 fully saturated rings. The van der Waals surface area contributed by atoms with E-state index in [1.54, 1.807) is 20.1 Å². The minimum absolute atomic E-state index is 0.0724. The highest BCUT2D eigenvalue weighted by Crippen LogP contribution is 2.30. The summed E-state index contributed by atoms with van der Waals surface area (Å²) >= 11 is 0. The highest BCUT2D eigenvalue weighted by atomic mass is 16.5. The van der Waals surface area contributed by atoms with Crippen LogP contribution in [0.25, 0.3) is 0 Å². The molecule has 2 aromatic carbocycles. The zero-order valence-corrected chi connectivity index (χ0v) is 14.2. The van der Waals surface area contributed by atoms with Gasteiger partial charge in [0.15, 0.2) is 6.10 Å². The maximum Gasteiger partial charge on any atom is 0.265 e. The van der Waals surface area contributed by atoms with Crippen LogP contribution in [0, 0.1) is 0 Å². The number of hydrogen-bond donors (Lipinski definition) is 2. The van der Waals surface area contributed by atoms with E-state index in [-0.39, 0.29) is 11.8 Å². The van der Waals surface area contributed by atoms with Crippen LogP contribution >= 0.6 is 0 Å². The molecular weight excluding hydrogens is 320 g/mol. The molecule has 1 unspecified atom stereocenters. The van der Waals surface area contributed by atoms with E-state index >= 15 is 0 Å². The number of amides is 2. The number of carbonyl (C=O) groups is 2. The van der Waals surface area contributed by atoms with Crippen molar-refractivity contribution in [3.05, 3.63) is 53.6 Å². The molecule has 2 N–H and O–H groups in total. The number of methoxy groups -OCH3 is 1. The van der Waals surface area contributed by atoms with Gasteiger partial charge in [0.2, 0.25) is 5.91 Å². The maximum atomic E-state index is 12.1. The first-order valence-electron chi connectivity index (χ1n) is 8.05. The molecule has 1 atom stereocenters. The molecule has 1 aliphatic rings. The van der Waals surface area contributed by atoms with Crippen LogP contribution in [0.15, 0.2) is 42.5 Å². The lowest BCUT2D eigenvalue weighted by Gasteiger charge is -2.23. The summed E-state index contributed by atoms with van der Waals surface area (Å²) in [6.45, 7) is 2.08. The largest absolute Gasteiger partial charge is 0.497 e. The summed E-state index contributed by atoms with van der Waals surface area (Å²) in [5.74, 6) is 1.15. The monoisotopic (exact) mass is 340 g/mol. The van der Waals surface area contributed by atoms with Crippen LogP contribution in [0.1, 0.15) is 18.1 Å². The SMILES string of the molecule is COc1ccc(CC(=O)NCc2ccc3c(c2)NC(=O)C(C)O3)cc1. The van der Waals surface area contributed by atoms with Gasteiger partial charge in [-0.2, -0.15) is 0 Å². The van der Waals surface area contributed by atoms with Crippen molar-refractivity contribution in [2.24, 2.45) is 0 Å². The van der Waals surface area contributed by atoms with Crippen molar-refractivity contribution in [3.8, 4) is 11.5 Å². The number of carbonyl (C=O) groups excluding carboxylic acids is 2. The second-order valence-electron chi connectivity index (χ2n) is 5.88. The number of benzene rings is 2. The fraction of sp³-hybridized carbons (Fsp3) is 0.263. The number of anilines is 1. The maximum absolute atomic E-state index is 12.1. The summed E-state index contributed by atoms with van der Waals surface area (Å²) < 4.78 is 10.6. The summed E-state index contributed by atoms with van der Waals surface area (Å²) in [5, 5.41) is 5.68. The smallest absolute Gasteiger partial charge is 0.265 e. The van der Waals surface area contributed by atoms with Crippen molar-refractivity contribution in [2.75, 3.05) is 12.4 Å². The Bertz CT molecular complexity index is 787. The first-order chi connectivity index (χ1) is 12.0. The van der Waals surface area contributed by atoms with E-state index in [1.165, 1.54) is 0 Å². The molecule has 0 aromatic heterocycles. The van der Waals surface area contributed by atoms with Gasteiger partial charge in [-0.05, 0) is 42.3 Å². The molecular formula is C19H20N2O4. The summed E-state index contributed by atoms with van der Waals surface area (Å²) in [4.78, 5) is 23.8. The molecule has 2 amide bonds. The zero-order valence-electron chi connectivity index (χ0n) is 14.2. The first-order valence-corrected chi connectivity index (χ1v) is 8.05. The van der Waals surface area contributed by atoms with Gasteiger partial charge in [0.05, 0.1) is 19.2 Å². The Morgan fingerprint density at radius 2 is 1.92 bits per heavy atom. The van der Waals surface area contributed by atoms with E-state index in [0.29, 0.717) is 24.4 Å². The number of rotatable bonds is 5. The Morgan fingerprint density at radius 1 is 1.20 bits per heavy atom. The average Bonchev–Trinajstić information content (AvgIpc) is 2.61. The van der Waals surface area contributed by atoms with Gasteiger partial charge < -0.3 is 20.1 Å². The third kappa shape index (κ3) is 4.09. The third-order valence-electron chi connectivity index (χ3n) is 3.99. The van der Waals surface area contributed by atoms with Gasteiger partial charge in [-0.3, -0.25) is 9.59 Å². The van der Waals surface area contributed by atoms with E-state index in [0.717, 1.165) is 16.9 Å². The highest BCUT2D eigenvalue weighted by Gasteiger charge is 2.23. The normalized spacial score (nSPS) is 15.6. The molecule has 0 radical (unpaired) electrons. The minimum Gasteiger partial charge on any atom is -0.497 e. The molecule has 0 saturated carbocycles. The Balaban J connectivity index is 1.57. The van der Waals surface area contributed by atoms with E-state index in [9.17, 15) is 9.59 Å². The summed E-state index contributed by atoms with van der Waals surface area (Å²) in [6.07, 6.45) is -0.200. The lowest BCUT2D eigenvalue weighted by atomic mass is 10.1. The summed E-state index contributed by atoms with van der Waals surface area (Å²) in [7, 11) is 1.61. The van der Waals surface area contributed by atoms with Crippen molar-refractivity contribution >= 4 is 17.5 Å². The summed E-state index contributed by atoms with van der Waals surface area (Å²) in [6, 6.07) is 12.9. The molecule has 1 heterocycles. The molecule has 130 valence electrons. The zero-order chi connectivity index (χ0) is 17.8. The van der Waals surface area contributed by atoms with Gasteiger partial charge in [-0.1, -0.05) is 18.2 Å². The van der Waals surface area contributed by atoms with E-state index < -0.39 is 6.10 Å². The predicted molar refractivity (Wildman–Crippen MR) is 93.7 cm³/mol. The third-order valence-corrected chi connectivity index (χ3v) is 3.99. The Kier molecular flexibility index (Phi) is 4.88. The molecule has 6 heteroatoms. The standard InChI is InChI=1S/C19H20N2O4/c1-12-19(23)21-16-9-14(5-8-17(16)25-12)11-20-18(22)10-13-3-6-15(24-2)7-4-13/h3-9,12H,10-11H2,1-2H3,(H,20,22)(H,21,23). The fourth-order valence-corrected chi connectivity index (χ4v) is 2.56. The highest BCUT2D eigenvalue weighted by molar-refractivity contribution is 5.97. The second kappa shape index (κ2) is 7.25. The van der Waals surface area contributed by atoms with Crippen molar-refractivity contribution in [3.63, 3.8) is 0 Å². The average molecular weight is 340 g/mol. The molecule has 0 saturated heterocycles. The van der Waals surface area contributed by atoms with Gasteiger partial charge in [0.25, 0.3) is 5.91 Å². The van der Waals surface area contributed by atoms with Crippen molar-refractivity contribution in [2.45, 2.75) is 26.0 Å². The number of ether oxygens (including phenoxy) is 2. The lowest BCUT2D eigenvalue weighted by Crippen LogP contribution is -2.34. The van der Waals surface area contributed by atoms with Gasteiger partial charge in [-0.25, -0.2) is 0 Å². The van der Waals surface area contributed by atoms with E-state index in [2.05, 4.69) is 10.6 Å². The molecule has 0 spiro atoms. The molecule has 1 aliphatic heterocycles. The van der Waals surface area contributed by atoms with E-state index in [1.807, 2.05) is 36.4 Å². The van der Waals surface area contributed by atoms with Crippen LogP contribution in [0.5, 0.6) is 11.5 Å². The van der Waals surface area contributed by atoms with E-state index in [4.69, 9.17) is 9.47 Å².